The molecule has 0 unspecified atom stereocenters. The summed E-state index contributed by atoms with van der Waals surface area (Å²) in [4.78, 5) is 8.14. The van der Waals surface area contributed by atoms with Crippen LogP contribution in [0.25, 0.3) is 0 Å². The van der Waals surface area contributed by atoms with Crippen molar-refractivity contribution in [3.8, 4) is 0 Å². The molecule has 0 atom stereocenters. The van der Waals surface area contributed by atoms with E-state index in [2.05, 4.69) is 31.2 Å². The van der Waals surface area contributed by atoms with Gasteiger partial charge in [0, 0.05) is 22.6 Å². The standard InChI is InChI=1S/C12H11BrClN3/c1-7-5-9(13)6-8(2)10(7)17-12-11(14)15-3-4-16-12/h3-6H,1-2H3,(H,16,17). The van der Waals surface area contributed by atoms with Gasteiger partial charge in [0.05, 0.1) is 0 Å². The Hall–Kier alpha value is -1.13. The van der Waals surface area contributed by atoms with Gasteiger partial charge < -0.3 is 5.32 Å². The highest BCUT2D eigenvalue weighted by Crippen LogP contribution is 2.29. The molecular weight excluding hydrogens is 302 g/mol. The van der Waals surface area contributed by atoms with E-state index in [-0.39, 0.29) is 0 Å². The molecule has 1 aromatic heterocycles. The van der Waals surface area contributed by atoms with Crippen LogP contribution >= 0.6 is 27.5 Å². The summed E-state index contributed by atoms with van der Waals surface area (Å²) in [6, 6.07) is 4.08. The van der Waals surface area contributed by atoms with Gasteiger partial charge in [-0.2, -0.15) is 0 Å². The minimum Gasteiger partial charge on any atom is -0.337 e. The third-order valence-electron chi connectivity index (χ3n) is 2.39. The van der Waals surface area contributed by atoms with Crippen molar-refractivity contribution in [2.24, 2.45) is 0 Å². The number of halogens is 2. The Kier molecular flexibility index (Phi) is 3.64. The van der Waals surface area contributed by atoms with Gasteiger partial charge in [0.1, 0.15) is 0 Å². The maximum Gasteiger partial charge on any atom is 0.171 e. The predicted molar refractivity (Wildman–Crippen MR) is 73.9 cm³/mol. The number of hydrogen-bond acceptors (Lipinski definition) is 3. The topological polar surface area (TPSA) is 37.8 Å². The van der Waals surface area contributed by atoms with Crippen molar-refractivity contribution in [3.05, 3.63) is 45.3 Å². The zero-order valence-corrected chi connectivity index (χ0v) is 11.8. The van der Waals surface area contributed by atoms with E-state index in [4.69, 9.17) is 11.6 Å². The number of hydrogen-bond donors (Lipinski definition) is 1. The van der Waals surface area contributed by atoms with Crippen LogP contribution in [0.3, 0.4) is 0 Å². The second kappa shape index (κ2) is 5.02. The molecular formula is C12H11BrClN3. The Morgan fingerprint density at radius 3 is 2.29 bits per heavy atom. The van der Waals surface area contributed by atoms with Gasteiger partial charge in [-0.3, -0.25) is 0 Å². The lowest BCUT2D eigenvalue weighted by Crippen LogP contribution is -1.99. The zero-order chi connectivity index (χ0) is 12.4. The molecule has 88 valence electrons. The van der Waals surface area contributed by atoms with Crippen LogP contribution in [0.4, 0.5) is 11.5 Å². The summed E-state index contributed by atoms with van der Waals surface area (Å²) in [6.07, 6.45) is 3.17. The third kappa shape index (κ3) is 2.76. The predicted octanol–water partition coefficient (Wildman–Crippen LogP) is 4.25. The molecule has 0 saturated carbocycles. The monoisotopic (exact) mass is 311 g/mol. The minimum atomic E-state index is 0.370. The summed E-state index contributed by atoms with van der Waals surface area (Å²) in [5, 5.41) is 3.58. The molecule has 0 bridgehead atoms. The Morgan fingerprint density at radius 2 is 1.71 bits per heavy atom. The van der Waals surface area contributed by atoms with Gasteiger partial charge >= 0.3 is 0 Å². The largest absolute Gasteiger partial charge is 0.337 e. The first kappa shape index (κ1) is 12.3. The molecule has 1 N–H and O–H groups in total. The molecule has 5 heteroatoms. The van der Waals surface area contributed by atoms with Crippen molar-refractivity contribution >= 4 is 39.0 Å². The first-order valence-corrected chi connectivity index (χ1v) is 6.25. The van der Waals surface area contributed by atoms with Crippen molar-refractivity contribution in [2.45, 2.75) is 13.8 Å². The first-order valence-electron chi connectivity index (χ1n) is 5.08. The molecule has 0 aliphatic heterocycles. The smallest absolute Gasteiger partial charge is 0.171 e. The summed E-state index contributed by atoms with van der Waals surface area (Å²) in [6.45, 7) is 4.06. The Balaban J connectivity index is 2.40. The lowest BCUT2D eigenvalue weighted by molar-refractivity contribution is 1.19. The number of aromatic nitrogens is 2. The Labute approximate surface area is 113 Å². The lowest BCUT2D eigenvalue weighted by atomic mass is 10.1. The Morgan fingerprint density at radius 1 is 1.12 bits per heavy atom. The van der Waals surface area contributed by atoms with Crippen molar-refractivity contribution < 1.29 is 0 Å². The Bertz CT molecular complexity index is 534. The van der Waals surface area contributed by atoms with Gasteiger partial charge in [0.2, 0.25) is 0 Å². The van der Waals surface area contributed by atoms with Crippen LogP contribution in [0.2, 0.25) is 5.15 Å². The SMILES string of the molecule is Cc1cc(Br)cc(C)c1Nc1nccnc1Cl. The van der Waals surface area contributed by atoms with Crippen LogP contribution in [0.15, 0.2) is 29.0 Å². The van der Waals surface area contributed by atoms with E-state index in [9.17, 15) is 0 Å². The van der Waals surface area contributed by atoms with Crippen LogP contribution in [0.1, 0.15) is 11.1 Å². The van der Waals surface area contributed by atoms with Crippen molar-refractivity contribution in [1.82, 2.24) is 9.97 Å². The lowest BCUT2D eigenvalue weighted by Gasteiger charge is -2.13. The van der Waals surface area contributed by atoms with Gasteiger partial charge in [0.15, 0.2) is 11.0 Å². The fourth-order valence-electron chi connectivity index (χ4n) is 1.63. The maximum atomic E-state index is 5.96. The number of nitrogens with zero attached hydrogens (tertiary/aromatic N) is 2. The fraction of sp³-hybridized carbons (Fsp3) is 0.167. The van der Waals surface area contributed by atoms with E-state index in [1.165, 1.54) is 0 Å². The summed E-state index contributed by atoms with van der Waals surface area (Å²) in [5.74, 6) is 0.572. The molecule has 0 fully saturated rings. The average molecular weight is 313 g/mol. The molecule has 0 radical (unpaired) electrons. The van der Waals surface area contributed by atoms with E-state index in [0.717, 1.165) is 21.3 Å². The summed E-state index contributed by atoms with van der Waals surface area (Å²) >= 11 is 9.43. The minimum absolute atomic E-state index is 0.370. The molecule has 0 aliphatic carbocycles. The second-order valence-electron chi connectivity index (χ2n) is 3.74. The van der Waals surface area contributed by atoms with Gasteiger partial charge in [-0.25, -0.2) is 9.97 Å². The number of nitrogens with one attached hydrogen (secondary N) is 1. The van der Waals surface area contributed by atoms with E-state index >= 15 is 0 Å². The molecule has 2 aromatic rings. The van der Waals surface area contributed by atoms with Crippen LogP contribution in [-0.2, 0) is 0 Å². The molecule has 17 heavy (non-hydrogen) atoms. The molecule has 3 nitrogen and oxygen atoms in total. The average Bonchev–Trinajstić information content (AvgIpc) is 2.25. The fourth-order valence-corrected chi connectivity index (χ4v) is 2.47. The van der Waals surface area contributed by atoms with Crippen molar-refractivity contribution in [2.75, 3.05) is 5.32 Å². The summed E-state index contributed by atoms with van der Waals surface area (Å²) in [7, 11) is 0. The number of anilines is 2. The summed E-state index contributed by atoms with van der Waals surface area (Å²) < 4.78 is 1.06. The summed E-state index contributed by atoms with van der Waals surface area (Å²) in [5.41, 5.74) is 3.26. The highest BCUT2D eigenvalue weighted by atomic mass is 79.9. The van der Waals surface area contributed by atoms with E-state index < -0.39 is 0 Å². The molecule has 0 aliphatic rings. The van der Waals surface area contributed by atoms with Gasteiger partial charge in [-0.1, -0.05) is 27.5 Å². The normalized spacial score (nSPS) is 10.4. The van der Waals surface area contributed by atoms with Crippen LogP contribution in [-0.4, -0.2) is 9.97 Å². The van der Waals surface area contributed by atoms with Crippen LogP contribution in [0, 0.1) is 13.8 Å². The van der Waals surface area contributed by atoms with Crippen LogP contribution in [0.5, 0.6) is 0 Å². The molecule has 0 spiro atoms. The first-order chi connectivity index (χ1) is 8.08. The number of rotatable bonds is 2. The number of aryl methyl sites for hydroxylation is 2. The van der Waals surface area contributed by atoms with Crippen LogP contribution < -0.4 is 5.32 Å². The van der Waals surface area contributed by atoms with E-state index in [0.29, 0.717) is 11.0 Å². The molecule has 2 rings (SSSR count). The van der Waals surface area contributed by atoms with Crippen molar-refractivity contribution in [3.63, 3.8) is 0 Å². The zero-order valence-electron chi connectivity index (χ0n) is 9.46. The molecule has 1 heterocycles. The second-order valence-corrected chi connectivity index (χ2v) is 5.01. The van der Waals surface area contributed by atoms with Gasteiger partial charge in [0.25, 0.3) is 0 Å². The maximum absolute atomic E-state index is 5.96. The number of benzene rings is 1. The van der Waals surface area contributed by atoms with E-state index in [1.807, 2.05) is 26.0 Å². The van der Waals surface area contributed by atoms with Crippen molar-refractivity contribution in [1.29, 1.82) is 0 Å². The van der Waals surface area contributed by atoms with Gasteiger partial charge in [-0.15, -0.1) is 0 Å². The molecule has 1 aromatic carbocycles. The quantitative estimate of drug-likeness (QED) is 0.900. The van der Waals surface area contributed by atoms with Gasteiger partial charge in [-0.05, 0) is 37.1 Å². The van der Waals surface area contributed by atoms with E-state index in [1.54, 1.807) is 12.4 Å². The molecule has 0 saturated heterocycles. The molecule has 0 amide bonds. The third-order valence-corrected chi connectivity index (χ3v) is 3.13. The highest BCUT2D eigenvalue weighted by Gasteiger charge is 2.08. The highest BCUT2D eigenvalue weighted by molar-refractivity contribution is 9.10.